The highest BCUT2D eigenvalue weighted by Gasteiger charge is 2.24. The van der Waals surface area contributed by atoms with Crippen molar-refractivity contribution in [3.05, 3.63) is 34.0 Å². The molecular formula is C14H14BrNO4. The summed E-state index contributed by atoms with van der Waals surface area (Å²) in [4.78, 5) is 12.0. The van der Waals surface area contributed by atoms with Gasteiger partial charge in [0.1, 0.15) is 22.8 Å². The van der Waals surface area contributed by atoms with E-state index in [4.69, 9.17) is 14.0 Å². The van der Waals surface area contributed by atoms with Gasteiger partial charge in [-0.1, -0.05) is 5.16 Å². The van der Waals surface area contributed by atoms with E-state index in [1.54, 1.807) is 33.1 Å². The molecular weight excluding hydrogens is 326 g/mol. The van der Waals surface area contributed by atoms with Crippen molar-refractivity contribution in [3.8, 4) is 17.0 Å². The summed E-state index contributed by atoms with van der Waals surface area (Å²) in [6.07, 6.45) is 0. The first-order valence-electron chi connectivity index (χ1n) is 6.05. The molecule has 0 unspecified atom stereocenters. The normalized spacial score (nSPS) is 10.4. The first-order chi connectivity index (χ1) is 9.58. The third-order valence-corrected chi connectivity index (χ3v) is 3.43. The number of hydrogen-bond donors (Lipinski definition) is 0. The van der Waals surface area contributed by atoms with Crippen LogP contribution in [0.3, 0.4) is 0 Å². The van der Waals surface area contributed by atoms with Gasteiger partial charge < -0.3 is 14.0 Å². The lowest BCUT2D eigenvalue weighted by Gasteiger charge is -2.06. The fourth-order valence-corrected chi connectivity index (χ4v) is 2.36. The van der Waals surface area contributed by atoms with E-state index in [9.17, 15) is 4.79 Å². The molecule has 0 radical (unpaired) electrons. The molecule has 0 aliphatic carbocycles. The second kappa shape index (κ2) is 6.09. The average molecular weight is 340 g/mol. The van der Waals surface area contributed by atoms with Gasteiger partial charge >= 0.3 is 5.97 Å². The second-order valence-electron chi connectivity index (χ2n) is 4.03. The van der Waals surface area contributed by atoms with Crippen molar-refractivity contribution in [1.82, 2.24) is 5.16 Å². The third kappa shape index (κ3) is 2.70. The summed E-state index contributed by atoms with van der Waals surface area (Å²) in [5.41, 5.74) is 1.54. The molecule has 0 aliphatic rings. The molecule has 106 valence electrons. The van der Waals surface area contributed by atoms with Gasteiger partial charge in [-0.3, -0.25) is 0 Å². The molecule has 0 aliphatic heterocycles. The monoisotopic (exact) mass is 339 g/mol. The molecule has 6 heteroatoms. The number of methoxy groups -OCH3 is 1. The molecule has 0 saturated heterocycles. The Morgan fingerprint density at radius 1 is 1.45 bits per heavy atom. The van der Waals surface area contributed by atoms with Crippen LogP contribution in [-0.4, -0.2) is 24.8 Å². The number of aromatic nitrogens is 1. The molecule has 0 N–H and O–H groups in total. The maximum absolute atomic E-state index is 12.0. The fraction of sp³-hybridized carbons (Fsp3) is 0.286. The Kier molecular flexibility index (Phi) is 4.44. The van der Waals surface area contributed by atoms with E-state index in [0.717, 1.165) is 10.0 Å². The Hall–Kier alpha value is -1.82. The number of halogens is 1. The van der Waals surface area contributed by atoms with Crippen LogP contribution < -0.4 is 4.74 Å². The predicted molar refractivity (Wildman–Crippen MR) is 76.9 cm³/mol. The number of carbonyl (C=O) groups is 1. The minimum Gasteiger partial charge on any atom is -0.497 e. The molecule has 0 fully saturated rings. The van der Waals surface area contributed by atoms with Gasteiger partial charge in [0.05, 0.1) is 13.7 Å². The van der Waals surface area contributed by atoms with Crippen LogP contribution in [-0.2, 0) is 4.74 Å². The number of esters is 1. The molecule has 0 amide bonds. The van der Waals surface area contributed by atoms with Crippen LogP contribution >= 0.6 is 15.9 Å². The Bertz CT molecular complexity index is 636. The summed E-state index contributed by atoms with van der Waals surface area (Å²) >= 11 is 3.44. The van der Waals surface area contributed by atoms with Gasteiger partial charge in [0.25, 0.3) is 0 Å². The van der Waals surface area contributed by atoms with Gasteiger partial charge in [0.2, 0.25) is 0 Å². The Morgan fingerprint density at radius 2 is 2.20 bits per heavy atom. The van der Waals surface area contributed by atoms with Crippen LogP contribution in [0.4, 0.5) is 0 Å². The number of rotatable bonds is 4. The number of nitrogens with zero attached hydrogens (tertiary/aromatic N) is 1. The van der Waals surface area contributed by atoms with Crippen molar-refractivity contribution in [3.63, 3.8) is 0 Å². The summed E-state index contributed by atoms with van der Waals surface area (Å²) in [6, 6.07) is 5.40. The third-order valence-electron chi connectivity index (χ3n) is 2.77. The van der Waals surface area contributed by atoms with Crippen molar-refractivity contribution >= 4 is 21.9 Å². The first-order valence-corrected chi connectivity index (χ1v) is 6.85. The number of benzene rings is 1. The molecule has 5 nitrogen and oxygen atoms in total. The van der Waals surface area contributed by atoms with E-state index >= 15 is 0 Å². The van der Waals surface area contributed by atoms with Crippen molar-refractivity contribution in [2.24, 2.45) is 0 Å². The van der Waals surface area contributed by atoms with Crippen LogP contribution in [0.2, 0.25) is 0 Å². The highest BCUT2D eigenvalue weighted by atomic mass is 79.9. The van der Waals surface area contributed by atoms with Crippen molar-refractivity contribution < 1.29 is 18.8 Å². The summed E-state index contributed by atoms with van der Waals surface area (Å²) in [7, 11) is 1.59. The quantitative estimate of drug-likeness (QED) is 0.796. The molecule has 0 spiro atoms. The second-order valence-corrected chi connectivity index (χ2v) is 4.88. The van der Waals surface area contributed by atoms with Crippen LogP contribution in [0, 0.1) is 6.92 Å². The molecule has 1 aromatic carbocycles. The fourth-order valence-electron chi connectivity index (χ4n) is 1.81. The zero-order valence-electron chi connectivity index (χ0n) is 11.4. The zero-order chi connectivity index (χ0) is 14.7. The van der Waals surface area contributed by atoms with Crippen LogP contribution in [0.25, 0.3) is 11.3 Å². The van der Waals surface area contributed by atoms with E-state index in [0.29, 0.717) is 29.4 Å². The van der Waals surface area contributed by atoms with Gasteiger partial charge in [0, 0.05) is 10.0 Å². The van der Waals surface area contributed by atoms with E-state index in [2.05, 4.69) is 21.1 Å². The van der Waals surface area contributed by atoms with Gasteiger partial charge in [-0.2, -0.15) is 0 Å². The summed E-state index contributed by atoms with van der Waals surface area (Å²) in [5, 5.41) is 3.96. The van der Waals surface area contributed by atoms with Crippen molar-refractivity contribution in [2.45, 2.75) is 13.8 Å². The molecule has 2 rings (SSSR count). The number of aryl methyl sites for hydroxylation is 1. The van der Waals surface area contributed by atoms with E-state index < -0.39 is 5.97 Å². The minimum absolute atomic E-state index is 0.298. The molecule has 0 bridgehead atoms. The zero-order valence-corrected chi connectivity index (χ0v) is 13.0. The largest absolute Gasteiger partial charge is 0.497 e. The van der Waals surface area contributed by atoms with E-state index in [1.165, 1.54) is 0 Å². The standard InChI is InChI=1S/C14H14BrNO4/c1-4-19-14(17)12-8(2)20-16-13(12)10-6-5-9(18-3)7-11(10)15/h5-7H,4H2,1-3H3. The highest BCUT2D eigenvalue weighted by molar-refractivity contribution is 9.10. The van der Waals surface area contributed by atoms with E-state index in [-0.39, 0.29) is 0 Å². The molecule has 1 aromatic heterocycles. The van der Waals surface area contributed by atoms with Gasteiger partial charge in [-0.25, -0.2) is 4.79 Å². The highest BCUT2D eigenvalue weighted by Crippen LogP contribution is 2.34. The Balaban J connectivity index is 2.51. The van der Waals surface area contributed by atoms with Gasteiger partial charge in [-0.15, -0.1) is 0 Å². The molecule has 0 atom stereocenters. The van der Waals surface area contributed by atoms with E-state index in [1.807, 2.05) is 6.07 Å². The number of ether oxygens (including phenoxy) is 2. The summed E-state index contributed by atoms with van der Waals surface area (Å²) in [5.74, 6) is 0.698. The molecule has 0 saturated carbocycles. The molecule has 1 heterocycles. The first kappa shape index (κ1) is 14.6. The van der Waals surface area contributed by atoms with Gasteiger partial charge in [0.15, 0.2) is 0 Å². The average Bonchev–Trinajstić information content (AvgIpc) is 2.80. The topological polar surface area (TPSA) is 61.6 Å². The Morgan fingerprint density at radius 3 is 2.80 bits per heavy atom. The minimum atomic E-state index is -0.441. The maximum Gasteiger partial charge on any atom is 0.344 e. The summed E-state index contributed by atoms with van der Waals surface area (Å²) < 4.78 is 16.1. The number of hydrogen-bond acceptors (Lipinski definition) is 5. The van der Waals surface area contributed by atoms with Crippen LogP contribution in [0.15, 0.2) is 27.2 Å². The Labute approximate surface area is 125 Å². The molecule has 2 aromatic rings. The lowest BCUT2D eigenvalue weighted by molar-refractivity contribution is 0.0525. The van der Waals surface area contributed by atoms with Crippen molar-refractivity contribution in [2.75, 3.05) is 13.7 Å². The predicted octanol–water partition coefficient (Wildman–Crippen LogP) is 3.60. The lowest BCUT2D eigenvalue weighted by atomic mass is 10.1. The smallest absolute Gasteiger partial charge is 0.344 e. The number of carbonyl (C=O) groups excluding carboxylic acids is 1. The van der Waals surface area contributed by atoms with Gasteiger partial charge in [-0.05, 0) is 48.0 Å². The lowest BCUT2D eigenvalue weighted by Crippen LogP contribution is -2.06. The maximum atomic E-state index is 12.0. The molecule has 20 heavy (non-hydrogen) atoms. The van der Waals surface area contributed by atoms with Crippen LogP contribution in [0.5, 0.6) is 5.75 Å². The van der Waals surface area contributed by atoms with Crippen LogP contribution in [0.1, 0.15) is 23.0 Å². The SMILES string of the molecule is CCOC(=O)c1c(-c2ccc(OC)cc2Br)noc1C. The summed E-state index contributed by atoms with van der Waals surface area (Å²) in [6.45, 7) is 3.73. The van der Waals surface area contributed by atoms with Crippen molar-refractivity contribution in [1.29, 1.82) is 0 Å².